The van der Waals surface area contributed by atoms with Crippen LogP contribution >= 0.6 is 0 Å². The number of rotatable bonds is 0. The Morgan fingerprint density at radius 3 is 2.88 bits per heavy atom. The van der Waals surface area contributed by atoms with Crippen LogP contribution in [0.5, 0.6) is 0 Å². The lowest BCUT2D eigenvalue weighted by atomic mass is 10.2. The van der Waals surface area contributed by atoms with Crippen LogP contribution in [0.4, 0.5) is 0 Å². The van der Waals surface area contributed by atoms with E-state index in [-0.39, 0.29) is 1.43 Å². The van der Waals surface area contributed by atoms with Crippen LogP contribution in [0, 0.1) is 0 Å². The van der Waals surface area contributed by atoms with E-state index in [0.29, 0.717) is 0 Å². The minimum Gasteiger partial charge on any atom is -0.314 e. The third-order valence-electron chi connectivity index (χ3n) is 1.83. The minimum absolute atomic E-state index is 0. The Morgan fingerprint density at radius 2 is 2.50 bits per heavy atom. The largest absolute Gasteiger partial charge is 0.314 e. The van der Waals surface area contributed by atoms with E-state index in [1.54, 1.807) is 0 Å². The van der Waals surface area contributed by atoms with Gasteiger partial charge in [0.2, 0.25) is 0 Å². The molecule has 0 spiro atoms. The van der Waals surface area contributed by atoms with Crippen LogP contribution in [0.1, 0.15) is 8.35 Å². The van der Waals surface area contributed by atoms with Crippen molar-refractivity contribution in [1.82, 2.24) is 10.2 Å². The van der Waals surface area contributed by atoms with E-state index in [1.165, 1.54) is 6.54 Å². The number of hydrogen-bond donors (Lipinski definition) is 1. The van der Waals surface area contributed by atoms with Gasteiger partial charge in [-0.2, -0.15) is 0 Å². The Labute approximate surface area is 52.4 Å². The first-order valence-corrected chi connectivity index (χ1v) is 3.21. The molecule has 2 nitrogen and oxygen atoms in total. The highest BCUT2D eigenvalue weighted by molar-refractivity contribution is 4.71. The molecule has 1 fully saturated rings. The van der Waals surface area contributed by atoms with E-state index >= 15 is 0 Å². The van der Waals surface area contributed by atoms with Gasteiger partial charge in [0.25, 0.3) is 0 Å². The summed E-state index contributed by atoms with van der Waals surface area (Å²) in [5.74, 6) is 0. The van der Waals surface area contributed by atoms with Crippen molar-refractivity contribution in [3.05, 3.63) is 0 Å². The maximum Gasteiger partial charge on any atom is 0.0189 e. The Hall–Kier alpha value is -0.0800. The maximum atomic E-state index is 3.32. The molecule has 50 valence electrons. The summed E-state index contributed by atoms with van der Waals surface area (Å²) in [5.41, 5.74) is 0. The van der Waals surface area contributed by atoms with Gasteiger partial charge in [-0.15, -0.1) is 0 Å². The molecule has 0 saturated carbocycles. The van der Waals surface area contributed by atoms with Crippen LogP contribution in [0.25, 0.3) is 0 Å². The molecule has 0 aromatic heterocycles. The first kappa shape index (κ1) is 6.05. The second kappa shape index (κ2) is 2.46. The van der Waals surface area contributed by atoms with Gasteiger partial charge in [0.05, 0.1) is 0 Å². The van der Waals surface area contributed by atoms with Gasteiger partial charge in [-0.3, -0.25) is 0 Å². The molecule has 1 aliphatic heterocycles. The molecule has 0 aliphatic carbocycles. The predicted octanol–water partition coefficient (Wildman–Crippen LogP) is 0.156. The smallest absolute Gasteiger partial charge is 0.0189 e. The van der Waals surface area contributed by atoms with Crippen molar-refractivity contribution in [2.24, 2.45) is 0 Å². The van der Waals surface area contributed by atoms with E-state index < -0.39 is 0 Å². The fraction of sp³-hybridized carbons (Fsp3) is 1.00. The monoisotopic (exact) mass is 116 g/mol. The summed E-state index contributed by atoms with van der Waals surface area (Å²) in [4.78, 5) is 2.37. The summed E-state index contributed by atoms with van der Waals surface area (Å²) < 4.78 is 0. The molecular formula is C6H16N2. The topological polar surface area (TPSA) is 15.3 Å². The van der Waals surface area contributed by atoms with E-state index in [9.17, 15) is 0 Å². The minimum atomic E-state index is 0. The highest BCUT2D eigenvalue weighted by atomic mass is 15.2. The molecule has 0 amide bonds. The van der Waals surface area contributed by atoms with E-state index in [0.717, 1.165) is 19.1 Å². The summed E-state index contributed by atoms with van der Waals surface area (Å²) in [6, 6.07) is 0.726. The molecule has 2 heteroatoms. The van der Waals surface area contributed by atoms with Crippen molar-refractivity contribution in [3.63, 3.8) is 0 Å². The molecule has 1 aliphatic rings. The quantitative estimate of drug-likeness (QED) is 0.485. The van der Waals surface area contributed by atoms with Crippen molar-refractivity contribution < 1.29 is 1.43 Å². The van der Waals surface area contributed by atoms with Gasteiger partial charge in [0.1, 0.15) is 0 Å². The fourth-order valence-corrected chi connectivity index (χ4v) is 0.943. The van der Waals surface area contributed by atoms with Gasteiger partial charge in [0.15, 0.2) is 0 Å². The summed E-state index contributed by atoms with van der Waals surface area (Å²) in [6.45, 7) is 5.74. The van der Waals surface area contributed by atoms with Crippen LogP contribution in [-0.2, 0) is 0 Å². The van der Waals surface area contributed by atoms with Crippen LogP contribution in [0.3, 0.4) is 0 Å². The summed E-state index contributed by atoms with van der Waals surface area (Å²) in [5, 5.41) is 3.32. The van der Waals surface area contributed by atoms with Gasteiger partial charge in [0, 0.05) is 27.1 Å². The zero-order chi connectivity index (χ0) is 5.98. The highest BCUT2D eigenvalue weighted by Crippen LogP contribution is 1.95. The third-order valence-corrected chi connectivity index (χ3v) is 1.83. The predicted molar refractivity (Wildman–Crippen MR) is 37.1 cm³/mol. The molecule has 0 unspecified atom stereocenters. The maximum absolute atomic E-state index is 3.32. The molecule has 1 atom stereocenters. The standard InChI is InChI=1S/C6H14N2.H2/c1-6-5-7-3-4-8(6)2;/h6-7H,3-5H2,1-2H3;1H/t6-;/m0./s1. The van der Waals surface area contributed by atoms with Crippen LogP contribution < -0.4 is 5.32 Å². The van der Waals surface area contributed by atoms with Crippen molar-refractivity contribution in [2.45, 2.75) is 13.0 Å². The molecule has 1 N–H and O–H groups in total. The van der Waals surface area contributed by atoms with Crippen LogP contribution in [0.2, 0.25) is 0 Å². The molecule has 8 heavy (non-hydrogen) atoms. The first-order valence-electron chi connectivity index (χ1n) is 3.21. The fourth-order valence-electron chi connectivity index (χ4n) is 0.943. The van der Waals surface area contributed by atoms with Crippen molar-refractivity contribution >= 4 is 0 Å². The SMILES string of the molecule is C[C@H]1CNCCN1C.[HH]. The summed E-state index contributed by atoms with van der Waals surface area (Å²) in [7, 11) is 2.17. The van der Waals surface area contributed by atoms with Crippen molar-refractivity contribution in [2.75, 3.05) is 26.7 Å². The lowest BCUT2D eigenvalue weighted by Crippen LogP contribution is -2.47. The van der Waals surface area contributed by atoms with Gasteiger partial charge < -0.3 is 10.2 Å². The molecular weight excluding hydrogens is 100 g/mol. The number of nitrogens with one attached hydrogen (secondary N) is 1. The molecule has 0 aromatic rings. The molecule has 0 aromatic carbocycles. The summed E-state index contributed by atoms with van der Waals surface area (Å²) in [6.07, 6.45) is 0. The average molecular weight is 116 g/mol. The Morgan fingerprint density at radius 1 is 1.75 bits per heavy atom. The molecule has 0 bridgehead atoms. The van der Waals surface area contributed by atoms with Gasteiger partial charge >= 0.3 is 0 Å². The first-order chi connectivity index (χ1) is 3.80. The zero-order valence-corrected chi connectivity index (χ0v) is 5.65. The molecule has 0 radical (unpaired) electrons. The van der Waals surface area contributed by atoms with Gasteiger partial charge in [-0.05, 0) is 14.0 Å². The van der Waals surface area contributed by atoms with Crippen LogP contribution in [-0.4, -0.2) is 37.6 Å². The lowest BCUT2D eigenvalue weighted by Gasteiger charge is -2.29. The van der Waals surface area contributed by atoms with Gasteiger partial charge in [-0.25, -0.2) is 0 Å². The highest BCUT2D eigenvalue weighted by Gasteiger charge is 2.11. The van der Waals surface area contributed by atoms with Crippen molar-refractivity contribution in [3.8, 4) is 0 Å². The van der Waals surface area contributed by atoms with E-state index in [1.807, 2.05) is 0 Å². The lowest BCUT2D eigenvalue weighted by molar-refractivity contribution is 0.215. The Kier molecular flexibility index (Phi) is 1.86. The number of nitrogens with zero attached hydrogens (tertiary/aromatic N) is 1. The summed E-state index contributed by atoms with van der Waals surface area (Å²) >= 11 is 0. The van der Waals surface area contributed by atoms with E-state index in [2.05, 4.69) is 24.2 Å². The average Bonchev–Trinajstić information content (AvgIpc) is 1.77. The Balaban J connectivity index is 0.000000640. The number of piperazine rings is 1. The van der Waals surface area contributed by atoms with Crippen molar-refractivity contribution in [1.29, 1.82) is 0 Å². The normalized spacial score (nSPS) is 33.0. The number of likely N-dealkylation sites (N-methyl/N-ethyl adjacent to an activating group) is 1. The Bertz CT molecular complexity index is 67.5. The van der Waals surface area contributed by atoms with Gasteiger partial charge in [-0.1, -0.05) is 0 Å². The second-order valence-corrected chi connectivity index (χ2v) is 2.53. The molecule has 1 saturated heterocycles. The molecule has 1 heterocycles. The number of hydrogen-bond acceptors (Lipinski definition) is 2. The molecule has 1 rings (SSSR count). The van der Waals surface area contributed by atoms with E-state index in [4.69, 9.17) is 0 Å². The van der Waals surface area contributed by atoms with Crippen LogP contribution in [0.15, 0.2) is 0 Å². The third kappa shape index (κ3) is 1.20. The zero-order valence-electron chi connectivity index (χ0n) is 5.65. The second-order valence-electron chi connectivity index (χ2n) is 2.53.